The first-order chi connectivity index (χ1) is 7.77. The molecule has 0 aliphatic rings. The minimum absolute atomic E-state index is 0.173. The molecule has 0 radical (unpaired) electrons. The van der Waals surface area contributed by atoms with E-state index in [1.807, 2.05) is 44.2 Å². The van der Waals surface area contributed by atoms with Gasteiger partial charge in [-0.2, -0.15) is 0 Å². The summed E-state index contributed by atoms with van der Waals surface area (Å²) in [5, 5.41) is 3.09. The normalized spacial score (nSPS) is 12.1. The average molecular weight is 221 g/mol. The van der Waals surface area contributed by atoms with Crippen molar-refractivity contribution in [1.82, 2.24) is 5.32 Å². The van der Waals surface area contributed by atoms with Gasteiger partial charge in [-0.1, -0.05) is 44.2 Å². The molecule has 1 rings (SSSR count). The Morgan fingerprint density at radius 3 is 2.56 bits per heavy atom. The molecule has 88 valence electrons. The Hall–Kier alpha value is -1.35. The van der Waals surface area contributed by atoms with E-state index in [-0.39, 0.29) is 12.0 Å². The topological polar surface area (TPSA) is 38.3 Å². The number of hydrogen-bond donors (Lipinski definition) is 1. The van der Waals surface area contributed by atoms with E-state index in [9.17, 15) is 4.79 Å². The highest BCUT2D eigenvalue weighted by Gasteiger charge is 2.16. The van der Waals surface area contributed by atoms with E-state index in [0.717, 1.165) is 18.5 Å². The second-order valence-corrected chi connectivity index (χ2v) is 3.61. The molecule has 1 aromatic carbocycles. The van der Waals surface area contributed by atoms with E-state index in [1.54, 1.807) is 0 Å². The molecule has 0 aromatic heterocycles. The maximum absolute atomic E-state index is 11.7. The van der Waals surface area contributed by atoms with Crippen LogP contribution in [0.15, 0.2) is 30.3 Å². The third-order valence-corrected chi connectivity index (χ3v) is 2.37. The highest BCUT2D eigenvalue weighted by Crippen LogP contribution is 2.03. The van der Waals surface area contributed by atoms with E-state index in [1.165, 1.54) is 0 Å². The van der Waals surface area contributed by atoms with Gasteiger partial charge in [0.1, 0.15) is 12.6 Å². The number of rotatable bonds is 6. The van der Waals surface area contributed by atoms with Crippen LogP contribution in [0.2, 0.25) is 0 Å². The van der Waals surface area contributed by atoms with Crippen LogP contribution in [0.5, 0.6) is 0 Å². The lowest BCUT2D eigenvalue weighted by Crippen LogP contribution is -2.37. The molecular formula is C13H19NO2. The van der Waals surface area contributed by atoms with E-state index in [4.69, 9.17) is 4.74 Å². The first-order valence-corrected chi connectivity index (χ1v) is 5.71. The van der Waals surface area contributed by atoms with Crippen molar-refractivity contribution < 1.29 is 9.53 Å². The van der Waals surface area contributed by atoms with Crippen LogP contribution in [0.1, 0.15) is 25.8 Å². The number of carbonyl (C=O) groups excluding carboxylic acids is 1. The quantitative estimate of drug-likeness (QED) is 0.748. The molecule has 0 amide bonds. The number of carbonyl (C=O) groups is 1. The van der Waals surface area contributed by atoms with Gasteiger partial charge in [0.25, 0.3) is 0 Å². The first-order valence-electron chi connectivity index (χ1n) is 5.71. The predicted molar refractivity (Wildman–Crippen MR) is 64.0 cm³/mol. The van der Waals surface area contributed by atoms with Gasteiger partial charge >= 0.3 is 5.97 Å². The van der Waals surface area contributed by atoms with E-state index in [0.29, 0.717) is 6.61 Å². The Morgan fingerprint density at radius 1 is 1.31 bits per heavy atom. The predicted octanol–water partition coefficient (Wildman–Crippen LogP) is 2.12. The molecule has 0 aliphatic heterocycles. The van der Waals surface area contributed by atoms with Crippen molar-refractivity contribution in [2.24, 2.45) is 0 Å². The molecular weight excluding hydrogens is 202 g/mol. The van der Waals surface area contributed by atoms with Crippen LogP contribution in [0, 0.1) is 0 Å². The SMILES string of the molecule is CCNC(CC)C(=O)OCc1ccccc1. The Morgan fingerprint density at radius 2 is 2.00 bits per heavy atom. The van der Waals surface area contributed by atoms with Gasteiger partial charge < -0.3 is 10.1 Å². The second-order valence-electron chi connectivity index (χ2n) is 3.61. The number of ether oxygens (including phenoxy) is 1. The number of esters is 1. The third-order valence-electron chi connectivity index (χ3n) is 2.37. The van der Waals surface area contributed by atoms with Crippen LogP contribution < -0.4 is 5.32 Å². The molecule has 1 aromatic rings. The summed E-state index contributed by atoms with van der Waals surface area (Å²) in [5.41, 5.74) is 1.02. The Labute approximate surface area is 96.8 Å². The van der Waals surface area contributed by atoms with Crippen LogP contribution in [0.4, 0.5) is 0 Å². The Kier molecular flexibility index (Phi) is 5.57. The Balaban J connectivity index is 2.40. The van der Waals surface area contributed by atoms with Crippen molar-refractivity contribution in [3.63, 3.8) is 0 Å². The molecule has 1 atom stereocenters. The summed E-state index contributed by atoms with van der Waals surface area (Å²) in [6, 6.07) is 9.52. The molecule has 3 heteroatoms. The molecule has 0 aliphatic carbocycles. The summed E-state index contributed by atoms with van der Waals surface area (Å²) in [7, 11) is 0. The molecule has 0 bridgehead atoms. The van der Waals surface area contributed by atoms with Crippen LogP contribution in [0.3, 0.4) is 0 Å². The summed E-state index contributed by atoms with van der Waals surface area (Å²) in [6.45, 7) is 5.07. The number of hydrogen-bond acceptors (Lipinski definition) is 3. The summed E-state index contributed by atoms with van der Waals surface area (Å²) in [5.74, 6) is -0.173. The van der Waals surface area contributed by atoms with E-state index in [2.05, 4.69) is 5.32 Å². The lowest BCUT2D eigenvalue weighted by atomic mass is 10.2. The van der Waals surface area contributed by atoms with E-state index < -0.39 is 0 Å². The lowest BCUT2D eigenvalue weighted by molar-refractivity contribution is -0.147. The molecule has 1 N–H and O–H groups in total. The minimum atomic E-state index is -0.186. The molecule has 1 unspecified atom stereocenters. The third kappa shape index (κ3) is 4.03. The molecule has 0 saturated carbocycles. The van der Waals surface area contributed by atoms with Gasteiger partial charge in [-0.15, -0.1) is 0 Å². The molecule has 0 heterocycles. The monoisotopic (exact) mass is 221 g/mol. The zero-order valence-electron chi connectivity index (χ0n) is 9.90. The molecule has 0 fully saturated rings. The van der Waals surface area contributed by atoms with E-state index >= 15 is 0 Å². The largest absolute Gasteiger partial charge is 0.460 e. The highest BCUT2D eigenvalue weighted by molar-refractivity contribution is 5.75. The van der Waals surface area contributed by atoms with Gasteiger partial charge in [0, 0.05) is 0 Å². The number of likely N-dealkylation sites (N-methyl/N-ethyl adjacent to an activating group) is 1. The summed E-state index contributed by atoms with van der Waals surface area (Å²) < 4.78 is 5.23. The molecule has 3 nitrogen and oxygen atoms in total. The first kappa shape index (κ1) is 12.7. The minimum Gasteiger partial charge on any atom is -0.460 e. The summed E-state index contributed by atoms with van der Waals surface area (Å²) >= 11 is 0. The zero-order chi connectivity index (χ0) is 11.8. The standard InChI is InChI=1S/C13H19NO2/c1-3-12(14-4-2)13(15)16-10-11-8-6-5-7-9-11/h5-9,12,14H,3-4,10H2,1-2H3. The fraction of sp³-hybridized carbons (Fsp3) is 0.462. The van der Waals surface area contributed by atoms with Crippen LogP contribution in [0.25, 0.3) is 0 Å². The second kappa shape index (κ2) is 7.01. The average Bonchev–Trinajstić information content (AvgIpc) is 2.34. The highest BCUT2D eigenvalue weighted by atomic mass is 16.5. The van der Waals surface area contributed by atoms with Crippen molar-refractivity contribution in [3.8, 4) is 0 Å². The van der Waals surface area contributed by atoms with Crippen LogP contribution in [-0.4, -0.2) is 18.6 Å². The fourth-order valence-corrected chi connectivity index (χ4v) is 1.47. The lowest BCUT2D eigenvalue weighted by Gasteiger charge is -2.14. The van der Waals surface area contributed by atoms with Crippen molar-refractivity contribution >= 4 is 5.97 Å². The van der Waals surface area contributed by atoms with Crippen molar-refractivity contribution in [3.05, 3.63) is 35.9 Å². The number of nitrogens with one attached hydrogen (secondary N) is 1. The van der Waals surface area contributed by atoms with Crippen LogP contribution >= 0.6 is 0 Å². The van der Waals surface area contributed by atoms with Gasteiger partial charge in [0.2, 0.25) is 0 Å². The van der Waals surface area contributed by atoms with Gasteiger partial charge in [-0.25, -0.2) is 0 Å². The van der Waals surface area contributed by atoms with Gasteiger partial charge in [0.15, 0.2) is 0 Å². The molecule has 0 saturated heterocycles. The molecule has 0 spiro atoms. The van der Waals surface area contributed by atoms with Crippen molar-refractivity contribution in [2.75, 3.05) is 6.54 Å². The summed E-state index contributed by atoms with van der Waals surface area (Å²) in [4.78, 5) is 11.7. The van der Waals surface area contributed by atoms with Crippen molar-refractivity contribution in [1.29, 1.82) is 0 Å². The van der Waals surface area contributed by atoms with Crippen LogP contribution in [-0.2, 0) is 16.1 Å². The van der Waals surface area contributed by atoms with Gasteiger partial charge in [-0.3, -0.25) is 4.79 Å². The fourth-order valence-electron chi connectivity index (χ4n) is 1.47. The van der Waals surface area contributed by atoms with Gasteiger partial charge in [-0.05, 0) is 18.5 Å². The Bertz CT molecular complexity index is 311. The smallest absolute Gasteiger partial charge is 0.323 e. The number of benzene rings is 1. The maximum Gasteiger partial charge on any atom is 0.323 e. The van der Waals surface area contributed by atoms with Gasteiger partial charge in [0.05, 0.1) is 0 Å². The molecule has 16 heavy (non-hydrogen) atoms. The summed E-state index contributed by atoms with van der Waals surface area (Å²) in [6.07, 6.45) is 0.751. The zero-order valence-corrected chi connectivity index (χ0v) is 9.90. The maximum atomic E-state index is 11.7. The van der Waals surface area contributed by atoms with Crippen molar-refractivity contribution in [2.45, 2.75) is 32.9 Å².